The molecule has 0 unspecified atom stereocenters. The van der Waals surface area contributed by atoms with Crippen molar-refractivity contribution in [2.45, 2.75) is 71.1 Å². The second-order valence-corrected chi connectivity index (χ2v) is 10.1. The summed E-state index contributed by atoms with van der Waals surface area (Å²) >= 11 is 0. The summed E-state index contributed by atoms with van der Waals surface area (Å²) in [5, 5.41) is 5.69. The number of aromatic amines is 1. The van der Waals surface area contributed by atoms with Gasteiger partial charge in [0.1, 0.15) is 6.33 Å². The van der Waals surface area contributed by atoms with Gasteiger partial charge in [-0.25, -0.2) is 9.50 Å². The van der Waals surface area contributed by atoms with E-state index >= 15 is 0 Å². The van der Waals surface area contributed by atoms with Crippen molar-refractivity contribution in [1.82, 2.24) is 19.6 Å². The maximum Gasteiger partial charge on any atom is 0.305 e. The number of rotatable bonds is 6. The van der Waals surface area contributed by atoms with Gasteiger partial charge in [-0.05, 0) is 91.7 Å². The number of pyridine rings is 1. The number of nitrogens with one attached hydrogen (secondary N) is 1. The molecule has 0 radical (unpaired) electrons. The van der Waals surface area contributed by atoms with Crippen molar-refractivity contribution in [2.75, 3.05) is 7.11 Å². The van der Waals surface area contributed by atoms with E-state index in [1.54, 1.807) is 6.33 Å². The van der Waals surface area contributed by atoms with Crippen LogP contribution in [0.1, 0.15) is 80.9 Å². The van der Waals surface area contributed by atoms with Gasteiger partial charge in [0.2, 0.25) is 0 Å². The Morgan fingerprint density at radius 1 is 1.21 bits per heavy atom. The third-order valence-corrected chi connectivity index (χ3v) is 7.59. The molecule has 0 saturated heterocycles. The molecule has 1 aromatic carbocycles. The van der Waals surface area contributed by atoms with Crippen molar-refractivity contribution < 1.29 is 9.53 Å². The molecular formula is C28H34N4O2. The summed E-state index contributed by atoms with van der Waals surface area (Å²) in [4.78, 5) is 19.6. The molecule has 1 saturated carbocycles. The van der Waals surface area contributed by atoms with E-state index in [1.165, 1.54) is 60.5 Å². The number of methoxy groups -OCH3 is 1. The Kier molecular flexibility index (Phi) is 6.15. The summed E-state index contributed by atoms with van der Waals surface area (Å²) in [5.74, 6) is 1.53. The third-order valence-electron chi connectivity index (χ3n) is 7.59. The van der Waals surface area contributed by atoms with Crippen LogP contribution in [-0.2, 0) is 9.53 Å². The first-order valence-corrected chi connectivity index (χ1v) is 12.5. The highest BCUT2D eigenvalue weighted by Crippen LogP contribution is 2.41. The quantitative estimate of drug-likeness (QED) is 0.333. The normalized spacial score (nSPS) is 18.7. The van der Waals surface area contributed by atoms with Crippen LogP contribution in [0, 0.1) is 12.8 Å². The number of aromatic nitrogens is 4. The van der Waals surface area contributed by atoms with Gasteiger partial charge in [-0.2, -0.15) is 5.10 Å². The zero-order chi connectivity index (χ0) is 23.8. The van der Waals surface area contributed by atoms with E-state index in [0.29, 0.717) is 24.2 Å². The fraction of sp³-hybridized carbons (Fsp3) is 0.464. The molecular weight excluding hydrogens is 424 g/mol. The first kappa shape index (κ1) is 22.6. The number of ether oxygens (including phenoxy) is 1. The van der Waals surface area contributed by atoms with Crippen molar-refractivity contribution in [3.05, 3.63) is 53.5 Å². The van der Waals surface area contributed by atoms with Crippen molar-refractivity contribution >= 4 is 22.5 Å². The lowest BCUT2D eigenvalue weighted by atomic mass is 9.77. The van der Waals surface area contributed by atoms with E-state index < -0.39 is 0 Å². The first-order chi connectivity index (χ1) is 16.4. The van der Waals surface area contributed by atoms with E-state index in [-0.39, 0.29) is 5.97 Å². The average Bonchev–Trinajstić information content (AvgIpc) is 3.47. The van der Waals surface area contributed by atoms with Crippen LogP contribution in [-0.4, -0.2) is 32.7 Å². The molecule has 0 amide bonds. The van der Waals surface area contributed by atoms with Gasteiger partial charge >= 0.3 is 5.97 Å². The molecule has 178 valence electrons. The lowest BCUT2D eigenvalue weighted by Crippen LogP contribution is -2.15. The lowest BCUT2D eigenvalue weighted by molar-refractivity contribution is -0.141. The molecule has 0 spiro atoms. The van der Waals surface area contributed by atoms with Crippen molar-refractivity contribution in [3.8, 4) is 11.3 Å². The van der Waals surface area contributed by atoms with E-state index in [2.05, 4.69) is 66.3 Å². The van der Waals surface area contributed by atoms with E-state index in [0.717, 1.165) is 23.2 Å². The smallest absolute Gasteiger partial charge is 0.305 e. The minimum Gasteiger partial charge on any atom is -0.469 e. The van der Waals surface area contributed by atoms with Gasteiger partial charge in [-0.15, -0.1) is 0 Å². The minimum atomic E-state index is -0.0878. The molecule has 1 aliphatic carbocycles. The van der Waals surface area contributed by atoms with Crippen LogP contribution >= 0.6 is 0 Å². The molecule has 34 heavy (non-hydrogen) atoms. The first-order valence-electron chi connectivity index (χ1n) is 12.5. The fourth-order valence-electron chi connectivity index (χ4n) is 5.75. The van der Waals surface area contributed by atoms with E-state index in [9.17, 15) is 4.79 Å². The largest absolute Gasteiger partial charge is 0.469 e. The van der Waals surface area contributed by atoms with Crippen LogP contribution < -0.4 is 0 Å². The van der Waals surface area contributed by atoms with Crippen LogP contribution in [0.3, 0.4) is 0 Å². The topological polar surface area (TPSA) is 72.3 Å². The molecule has 0 atom stereocenters. The Hall–Kier alpha value is -3.15. The predicted molar refractivity (Wildman–Crippen MR) is 135 cm³/mol. The summed E-state index contributed by atoms with van der Waals surface area (Å²) in [6.45, 7) is 6.63. The molecule has 3 aromatic heterocycles. The molecule has 5 rings (SSSR count). The monoisotopic (exact) mass is 458 g/mol. The minimum absolute atomic E-state index is 0.0878. The summed E-state index contributed by atoms with van der Waals surface area (Å²) in [7, 11) is 1.47. The number of aryl methyl sites for hydroxylation is 1. The predicted octanol–water partition coefficient (Wildman–Crippen LogP) is 6.54. The Morgan fingerprint density at radius 3 is 2.74 bits per heavy atom. The highest BCUT2D eigenvalue weighted by molar-refractivity contribution is 5.92. The number of hydrogen-bond acceptors (Lipinski definition) is 4. The Balaban J connectivity index is 1.43. The number of H-pyrrole nitrogens is 1. The van der Waals surface area contributed by atoms with Gasteiger partial charge in [0, 0.05) is 29.1 Å². The molecule has 6 nitrogen and oxygen atoms in total. The van der Waals surface area contributed by atoms with Gasteiger partial charge in [-0.3, -0.25) is 4.79 Å². The molecule has 0 bridgehead atoms. The molecule has 4 aromatic rings. The summed E-state index contributed by atoms with van der Waals surface area (Å²) < 4.78 is 6.68. The number of benzene rings is 1. The fourth-order valence-corrected chi connectivity index (χ4v) is 5.75. The van der Waals surface area contributed by atoms with Gasteiger partial charge in [0.15, 0.2) is 5.65 Å². The molecule has 6 heteroatoms. The average molecular weight is 459 g/mol. The Labute approximate surface area is 200 Å². The van der Waals surface area contributed by atoms with Crippen LogP contribution in [0.15, 0.2) is 36.8 Å². The zero-order valence-corrected chi connectivity index (χ0v) is 20.6. The number of nitrogens with zero attached hydrogens (tertiary/aromatic N) is 3. The summed E-state index contributed by atoms with van der Waals surface area (Å²) in [6, 6.07) is 9.18. The highest BCUT2D eigenvalue weighted by atomic mass is 16.5. The maximum atomic E-state index is 11.5. The molecule has 0 aliphatic heterocycles. The van der Waals surface area contributed by atoms with Crippen molar-refractivity contribution in [3.63, 3.8) is 0 Å². The second kappa shape index (κ2) is 9.24. The standard InChI is InChI=1S/C28H34N4O2/c1-17(2)26-23-14-21(20-8-5-19(6-9-20)7-12-25(33)34-4)10-11-24(23)31-27(26)22-13-18(3)28-29-16-30-32(28)15-22/h10-11,13-17,19-20,31H,5-9,12H2,1-4H3. The van der Waals surface area contributed by atoms with E-state index in [4.69, 9.17) is 4.74 Å². The summed E-state index contributed by atoms with van der Waals surface area (Å²) in [5.41, 5.74) is 8.32. The van der Waals surface area contributed by atoms with Crippen molar-refractivity contribution in [1.29, 1.82) is 0 Å². The molecule has 1 fully saturated rings. The molecule has 1 N–H and O–H groups in total. The van der Waals surface area contributed by atoms with Crippen LogP contribution in [0.25, 0.3) is 27.8 Å². The maximum absolute atomic E-state index is 11.5. The Bertz CT molecular complexity index is 1330. The number of carbonyl (C=O) groups excluding carboxylic acids is 1. The molecule has 1 aliphatic rings. The van der Waals surface area contributed by atoms with Crippen molar-refractivity contribution in [2.24, 2.45) is 5.92 Å². The SMILES string of the molecule is COC(=O)CCC1CCC(c2ccc3[nH]c(-c4cc(C)c5ncnn5c4)c(C(C)C)c3c2)CC1. The second-order valence-electron chi connectivity index (χ2n) is 10.1. The van der Waals surface area contributed by atoms with Gasteiger partial charge in [-0.1, -0.05) is 19.9 Å². The number of hydrogen-bond donors (Lipinski definition) is 1. The van der Waals surface area contributed by atoms with Crippen LogP contribution in [0.5, 0.6) is 0 Å². The number of fused-ring (bicyclic) bond motifs is 2. The van der Waals surface area contributed by atoms with Gasteiger partial charge in [0.25, 0.3) is 0 Å². The van der Waals surface area contributed by atoms with Crippen LogP contribution in [0.4, 0.5) is 0 Å². The summed E-state index contributed by atoms with van der Waals surface area (Å²) in [6.07, 6.45) is 9.92. The molecule has 3 heterocycles. The third kappa shape index (κ3) is 4.22. The van der Waals surface area contributed by atoms with Gasteiger partial charge < -0.3 is 9.72 Å². The zero-order valence-electron chi connectivity index (χ0n) is 20.6. The lowest BCUT2D eigenvalue weighted by Gasteiger charge is -2.28. The Morgan fingerprint density at radius 2 is 2.00 bits per heavy atom. The number of esters is 1. The number of carbonyl (C=O) groups is 1. The van der Waals surface area contributed by atoms with Crippen LogP contribution in [0.2, 0.25) is 0 Å². The highest BCUT2D eigenvalue weighted by Gasteiger charge is 2.24. The van der Waals surface area contributed by atoms with Gasteiger partial charge in [0.05, 0.1) is 12.8 Å². The van der Waals surface area contributed by atoms with E-state index in [1.807, 2.05) is 4.52 Å².